The van der Waals surface area contributed by atoms with Crippen LogP contribution in [-0.4, -0.2) is 18.6 Å². The summed E-state index contributed by atoms with van der Waals surface area (Å²) < 4.78 is 19.2. The number of fused-ring (bicyclic) bond motifs is 1. The van der Waals surface area contributed by atoms with E-state index in [1.165, 1.54) is 6.07 Å². The van der Waals surface area contributed by atoms with Gasteiger partial charge in [0.15, 0.2) is 0 Å². The summed E-state index contributed by atoms with van der Waals surface area (Å²) in [6.07, 6.45) is 2.78. The Morgan fingerprint density at radius 2 is 1.96 bits per heavy atom. The number of benzene rings is 2. The van der Waals surface area contributed by atoms with Crippen molar-refractivity contribution in [2.45, 2.75) is 19.3 Å². The molecule has 0 spiro atoms. The molecule has 0 saturated carbocycles. The maximum atomic E-state index is 13.7. The zero-order chi connectivity index (χ0) is 16.2. The molecule has 3 nitrogen and oxygen atoms in total. The fourth-order valence-corrected chi connectivity index (χ4v) is 3.01. The van der Waals surface area contributed by atoms with Crippen LogP contribution in [-0.2, 0) is 6.42 Å². The number of hydrogen-bond acceptors (Lipinski definition) is 2. The summed E-state index contributed by atoms with van der Waals surface area (Å²) in [6.45, 7) is 0.667. The van der Waals surface area contributed by atoms with Crippen LogP contribution in [0, 0.1) is 5.82 Å². The molecule has 0 amide bonds. The number of aromatic amines is 1. The van der Waals surface area contributed by atoms with Crippen LogP contribution in [0.25, 0.3) is 22.2 Å². The van der Waals surface area contributed by atoms with E-state index >= 15 is 0 Å². The standard InChI is InChI=1S/C19H21FN2O/c1-23-18-8-3-2-7-15(18)19-14(6-4-5-11-21)16-12-13(20)9-10-17(16)22-19/h2-3,7-10,12,22H,4-6,11,21H2,1H3. The molecule has 2 aromatic carbocycles. The van der Waals surface area contributed by atoms with Crippen LogP contribution >= 0.6 is 0 Å². The van der Waals surface area contributed by atoms with Gasteiger partial charge in [0.2, 0.25) is 0 Å². The lowest BCUT2D eigenvalue weighted by Gasteiger charge is -2.09. The van der Waals surface area contributed by atoms with Crippen LogP contribution in [0.5, 0.6) is 5.75 Å². The maximum Gasteiger partial charge on any atom is 0.128 e. The number of para-hydroxylation sites is 1. The molecule has 0 fully saturated rings. The number of H-pyrrole nitrogens is 1. The Morgan fingerprint density at radius 1 is 1.13 bits per heavy atom. The van der Waals surface area contributed by atoms with Gasteiger partial charge in [-0.3, -0.25) is 0 Å². The molecule has 1 aromatic heterocycles. The molecule has 3 aromatic rings. The quantitative estimate of drug-likeness (QED) is 0.668. The van der Waals surface area contributed by atoms with E-state index in [2.05, 4.69) is 4.98 Å². The molecule has 0 atom stereocenters. The third-order valence-electron chi connectivity index (χ3n) is 4.13. The highest BCUT2D eigenvalue weighted by Crippen LogP contribution is 2.36. The van der Waals surface area contributed by atoms with Gasteiger partial charge >= 0.3 is 0 Å². The van der Waals surface area contributed by atoms with Crippen LogP contribution in [0.15, 0.2) is 42.5 Å². The van der Waals surface area contributed by atoms with Crippen molar-refractivity contribution in [2.24, 2.45) is 5.73 Å². The van der Waals surface area contributed by atoms with E-state index in [9.17, 15) is 4.39 Å². The molecule has 23 heavy (non-hydrogen) atoms. The zero-order valence-electron chi connectivity index (χ0n) is 13.2. The summed E-state index contributed by atoms with van der Waals surface area (Å²) in [7, 11) is 1.66. The van der Waals surface area contributed by atoms with Crippen molar-refractivity contribution in [3.8, 4) is 17.0 Å². The van der Waals surface area contributed by atoms with Gasteiger partial charge in [-0.2, -0.15) is 0 Å². The molecule has 1 heterocycles. The van der Waals surface area contributed by atoms with E-state index < -0.39 is 0 Å². The first-order valence-electron chi connectivity index (χ1n) is 7.88. The Bertz CT molecular complexity index is 810. The highest BCUT2D eigenvalue weighted by Gasteiger charge is 2.16. The Morgan fingerprint density at radius 3 is 2.74 bits per heavy atom. The van der Waals surface area contributed by atoms with Gasteiger partial charge in [0, 0.05) is 16.5 Å². The fourth-order valence-electron chi connectivity index (χ4n) is 3.01. The number of nitrogens with two attached hydrogens (primary N) is 1. The van der Waals surface area contributed by atoms with E-state index in [1.54, 1.807) is 19.2 Å². The van der Waals surface area contributed by atoms with Crippen LogP contribution in [0.4, 0.5) is 4.39 Å². The van der Waals surface area contributed by atoms with Crippen molar-refractivity contribution in [2.75, 3.05) is 13.7 Å². The first-order valence-corrected chi connectivity index (χ1v) is 7.88. The second-order valence-corrected chi connectivity index (χ2v) is 5.61. The summed E-state index contributed by atoms with van der Waals surface area (Å²) >= 11 is 0. The Labute approximate surface area is 135 Å². The Kier molecular flexibility index (Phi) is 4.63. The monoisotopic (exact) mass is 312 g/mol. The zero-order valence-corrected chi connectivity index (χ0v) is 13.2. The van der Waals surface area contributed by atoms with Crippen LogP contribution in [0.2, 0.25) is 0 Å². The second kappa shape index (κ2) is 6.84. The number of aromatic nitrogens is 1. The Hall–Kier alpha value is -2.33. The van der Waals surface area contributed by atoms with Crippen molar-refractivity contribution >= 4 is 10.9 Å². The SMILES string of the molecule is COc1ccccc1-c1[nH]c2ccc(F)cc2c1CCCCN. The minimum absolute atomic E-state index is 0.219. The molecular weight excluding hydrogens is 291 g/mol. The van der Waals surface area contributed by atoms with E-state index in [0.29, 0.717) is 6.54 Å². The average Bonchev–Trinajstić information content (AvgIpc) is 2.93. The summed E-state index contributed by atoms with van der Waals surface area (Å²) in [4.78, 5) is 3.43. The average molecular weight is 312 g/mol. The first-order chi connectivity index (χ1) is 11.2. The number of methoxy groups -OCH3 is 1. The summed E-state index contributed by atoms with van der Waals surface area (Å²) in [5, 5.41) is 0.933. The van der Waals surface area contributed by atoms with Gasteiger partial charge in [0.25, 0.3) is 0 Å². The highest BCUT2D eigenvalue weighted by atomic mass is 19.1. The van der Waals surface area contributed by atoms with Crippen LogP contribution in [0.3, 0.4) is 0 Å². The molecular formula is C19H21FN2O. The molecule has 3 N–H and O–H groups in total. The molecule has 3 rings (SSSR count). The number of halogens is 1. The van der Waals surface area contributed by atoms with Gasteiger partial charge in [0.1, 0.15) is 11.6 Å². The van der Waals surface area contributed by atoms with E-state index in [-0.39, 0.29) is 5.82 Å². The van der Waals surface area contributed by atoms with Gasteiger partial charge < -0.3 is 15.5 Å². The lowest BCUT2D eigenvalue weighted by molar-refractivity contribution is 0.416. The maximum absolute atomic E-state index is 13.7. The summed E-state index contributed by atoms with van der Waals surface area (Å²) in [6, 6.07) is 12.7. The number of nitrogens with one attached hydrogen (secondary N) is 1. The predicted molar refractivity (Wildman–Crippen MR) is 92.2 cm³/mol. The van der Waals surface area contributed by atoms with Crippen LogP contribution in [0.1, 0.15) is 18.4 Å². The number of ether oxygens (including phenoxy) is 1. The van der Waals surface area contributed by atoms with Crippen molar-refractivity contribution < 1.29 is 9.13 Å². The van der Waals surface area contributed by atoms with Crippen molar-refractivity contribution in [1.82, 2.24) is 4.98 Å². The smallest absolute Gasteiger partial charge is 0.128 e. The lowest BCUT2D eigenvalue weighted by atomic mass is 9.99. The summed E-state index contributed by atoms with van der Waals surface area (Å²) in [5.41, 5.74) is 9.67. The first kappa shape index (κ1) is 15.6. The number of aryl methyl sites for hydroxylation is 1. The largest absolute Gasteiger partial charge is 0.496 e. The minimum Gasteiger partial charge on any atom is -0.496 e. The third kappa shape index (κ3) is 3.08. The molecule has 120 valence electrons. The number of rotatable bonds is 6. The van der Waals surface area contributed by atoms with E-state index in [4.69, 9.17) is 10.5 Å². The summed E-state index contributed by atoms with van der Waals surface area (Å²) in [5.74, 6) is 0.586. The third-order valence-corrected chi connectivity index (χ3v) is 4.13. The molecule has 0 radical (unpaired) electrons. The van der Waals surface area contributed by atoms with Gasteiger partial charge in [-0.1, -0.05) is 12.1 Å². The fraction of sp³-hybridized carbons (Fsp3) is 0.263. The molecule has 0 unspecified atom stereocenters. The van der Waals surface area contributed by atoms with E-state index in [0.717, 1.165) is 52.7 Å². The molecule has 0 aliphatic heterocycles. The van der Waals surface area contributed by atoms with Gasteiger partial charge in [-0.15, -0.1) is 0 Å². The molecule has 0 aliphatic carbocycles. The van der Waals surface area contributed by atoms with Crippen LogP contribution < -0.4 is 10.5 Å². The topological polar surface area (TPSA) is 51.0 Å². The number of unbranched alkanes of at least 4 members (excludes halogenated alkanes) is 1. The molecule has 0 saturated heterocycles. The van der Waals surface area contributed by atoms with Gasteiger partial charge in [-0.05, 0) is 61.7 Å². The Balaban J connectivity index is 2.16. The molecule has 4 heteroatoms. The minimum atomic E-state index is -0.219. The van der Waals surface area contributed by atoms with Gasteiger partial charge in [-0.25, -0.2) is 4.39 Å². The van der Waals surface area contributed by atoms with Crippen molar-refractivity contribution in [3.63, 3.8) is 0 Å². The van der Waals surface area contributed by atoms with E-state index in [1.807, 2.05) is 24.3 Å². The van der Waals surface area contributed by atoms with Gasteiger partial charge in [0.05, 0.1) is 12.8 Å². The molecule has 0 aliphatic rings. The second-order valence-electron chi connectivity index (χ2n) is 5.61. The lowest BCUT2D eigenvalue weighted by Crippen LogP contribution is -1.99. The van der Waals surface area contributed by atoms with Crippen molar-refractivity contribution in [1.29, 1.82) is 0 Å². The number of hydrogen-bond donors (Lipinski definition) is 2. The predicted octanol–water partition coefficient (Wildman–Crippen LogP) is 4.26. The highest BCUT2D eigenvalue weighted by molar-refractivity contribution is 5.91. The van der Waals surface area contributed by atoms with Crippen molar-refractivity contribution in [3.05, 3.63) is 53.8 Å². The normalized spacial score (nSPS) is 11.1. The molecule has 0 bridgehead atoms.